The molecule has 0 bridgehead atoms. The summed E-state index contributed by atoms with van der Waals surface area (Å²) in [7, 11) is 0. The van der Waals surface area contributed by atoms with E-state index in [0.29, 0.717) is 46.9 Å². The van der Waals surface area contributed by atoms with E-state index < -0.39 is 11.9 Å². The molecule has 2 aliphatic heterocycles. The van der Waals surface area contributed by atoms with Gasteiger partial charge in [0.1, 0.15) is 19.0 Å². The summed E-state index contributed by atoms with van der Waals surface area (Å²) in [5.74, 6) is 0.969. The van der Waals surface area contributed by atoms with Crippen molar-refractivity contribution < 1.29 is 28.5 Å². The van der Waals surface area contributed by atoms with Gasteiger partial charge in [0.25, 0.3) is 0 Å². The quantitative estimate of drug-likeness (QED) is 0.328. The van der Waals surface area contributed by atoms with Crippen LogP contribution in [0.5, 0.6) is 17.2 Å². The van der Waals surface area contributed by atoms with Crippen molar-refractivity contribution in [2.75, 3.05) is 20.0 Å². The van der Waals surface area contributed by atoms with Crippen LogP contribution in [0.25, 0.3) is 0 Å². The van der Waals surface area contributed by atoms with Crippen LogP contribution in [-0.4, -0.2) is 31.8 Å². The number of carbonyl (C=O) groups excluding carboxylic acids is 2. The maximum absolute atomic E-state index is 13.8. The zero-order valence-electron chi connectivity index (χ0n) is 21.6. The van der Waals surface area contributed by atoms with Crippen LogP contribution in [0.2, 0.25) is 0 Å². The van der Waals surface area contributed by atoms with Gasteiger partial charge >= 0.3 is 5.97 Å². The number of para-hydroxylation sites is 1. The third-order valence-electron chi connectivity index (χ3n) is 7.38. The molecule has 0 spiro atoms. The molecule has 198 valence electrons. The first-order chi connectivity index (χ1) is 19.1. The molecule has 0 radical (unpaired) electrons. The standard InChI is InChI=1S/C32H29NO6/c1-20-29(32(35)37-15-14-36-24-10-6-3-7-11-24)30(22-12-13-27-28(18-22)39-19-38-27)31-25(33-20)16-23(17-26(31)34)21-8-4-2-5-9-21/h2-13,18,23,30,33H,14-17,19H2,1H3/t23-,30-/m1/s1. The minimum Gasteiger partial charge on any atom is -0.490 e. The number of hydrogen-bond acceptors (Lipinski definition) is 7. The fourth-order valence-corrected chi connectivity index (χ4v) is 5.58. The van der Waals surface area contributed by atoms with Crippen molar-refractivity contribution in [1.29, 1.82) is 0 Å². The molecular weight excluding hydrogens is 494 g/mol. The average molecular weight is 524 g/mol. The number of ketones is 1. The first-order valence-electron chi connectivity index (χ1n) is 13.1. The Morgan fingerprint density at radius 3 is 2.44 bits per heavy atom. The summed E-state index contributed by atoms with van der Waals surface area (Å²) in [4.78, 5) is 27.3. The molecule has 2 heterocycles. The minimum absolute atomic E-state index is 0.0190. The second-order valence-electron chi connectivity index (χ2n) is 9.84. The third-order valence-corrected chi connectivity index (χ3v) is 7.38. The highest BCUT2D eigenvalue weighted by Gasteiger charge is 2.41. The number of fused-ring (bicyclic) bond motifs is 1. The van der Waals surface area contributed by atoms with Gasteiger partial charge in [-0.25, -0.2) is 4.79 Å². The van der Waals surface area contributed by atoms with Crippen molar-refractivity contribution in [2.24, 2.45) is 0 Å². The first-order valence-corrected chi connectivity index (χ1v) is 13.1. The molecule has 3 aromatic carbocycles. The molecule has 0 amide bonds. The van der Waals surface area contributed by atoms with Gasteiger partial charge in [0.15, 0.2) is 17.3 Å². The predicted octanol–water partition coefficient (Wildman–Crippen LogP) is 5.40. The van der Waals surface area contributed by atoms with Gasteiger partial charge in [-0.05, 0) is 54.7 Å². The Labute approximate surface area is 227 Å². The number of dihydropyridines is 1. The van der Waals surface area contributed by atoms with Crippen LogP contribution in [0.15, 0.2) is 101 Å². The van der Waals surface area contributed by atoms with Crippen LogP contribution in [-0.2, 0) is 14.3 Å². The van der Waals surface area contributed by atoms with Crippen LogP contribution in [0.3, 0.4) is 0 Å². The molecule has 3 aromatic rings. The maximum atomic E-state index is 13.8. The van der Waals surface area contributed by atoms with Crippen molar-refractivity contribution in [1.82, 2.24) is 5.32 Å². The largest absolute Gasteiger partial charge is 0.490 e. The molecule has 6 rings (SSSR count). The predicted molar refractivity (Wildman–Crippen MR) is 144 cm³/mol. The van der Waals surface area contributed by atoms with Gasteiger partial charge in [-0.2, -0.15) is 0 Å². The summed E-state index contributed by atoms with van der Waals surface area (Å²) in [5, 5.41) is 3.40. The highest BCUT2D eigenvalue weighted by molar-refractivity contribution is 6.04. The van der Waals surface area contributed by atoms with E-state index in [2.05, 4.69) is 17.4 Å². The van der Waals surface area contributed by atoms with E-state index >= 15 is 0 Å². The lowest BCUT2D eigenvalue weighted by Crippen LogP contribution is -2.36. The molecular formula is C32H29NO6. The Hall–Kier alpha value is -4.52. The lowest BCUT2D eigenvalue weighted by Gasteiger charge is -2.36. The van der Waals surface area contributed by atoms with Crippen LogP contribution < -0.4 is 19.5 Å². The minimum atomic E-state index is -0.581. The van der Waals surface area contributed by atoms with E-state index in [0.717, 1.165) is 16.8 Å². The Bertz CT molecular complexity index is 1460. The SMILES string of the molecule is CC1=C(C(=O)OCCOc2ccccc2)[C@@H](c2ccc3c(c2)OCO3)C2=C(C[C@@H](c3ccccc3)CC2=O)N1. The average Bonchev–Trinajstić information content (AvgIpc) is 3.43. The molecule has 0 unspecified atom stereocenters. The summed E-state index contributed by atoms with van der Waals surface area (Å²) < 4.78 is 22.5. The fourth-order valence-electron chi connectivity index (χ4n) is 5.58. The smallest absolute Gasteiger partial charge is 0.336 e. The summed E-state index contributed by atoms with van der Waals surface area (Å²) in [6, 6.07) is 25.0. The molecule has 39 heavy (non-hydrogen) atoms. The van der Waals surface area contributed by atoms with Crippen molar-refractivity contribution in [3.63, 3.8) is 0 Å². The Morgan fingerprint density at radius 1 is 0.897 bits per heavy atom. The topological polar surface area (TPSA) is 83.1 Å². The molecule has 0 aromatic heterocycles. The molecule has 2 atom stereocenters. The van der Waals surface area contributed by atoms with E-state index in [4.69, 9.17) is 18.9 Å². The number of benzene rings is 3. The van der Waals surface area contributed by atoms with Gasteiger partial charge in [-0.1, -0.05) is 54.6 Å². The van der Waals surface area contributed by atoms with Crippen LogP contribution in [0, 0.1) is 0 Å². The summed E-state index contributed by atoms with van der Waals surface area (Å²) >= 11 is 0. The van der Waals surface area contributed by atoms with E-state index in [1.807, 2.05) is 73.7 Å². The lowest BCUT2D eigenvalue weighted by atomic mass is 9.71. The summed E-state index contributed by atoms with van der Waals surface area (Å²) in [6.45, 7) is 2.30. The van der Waals surface area contributed by atoms with Crippen molar-refractivity contribution in [2.45, 2.75) is 31.6 Å². The molecule has 3 aliphatic rings. The molecule has 0 saturated heterocycles. The monoisotopic (exact) mass is 523 g/mol. The van der Waals surface area contributed by atoms with Gasteiger partial charge in [-0.3, -0.25) is 4.79 Å². The molecule has 1 aliphatic carbocycles. The van der Waals surface area contributed by atoms with Gasteiger partial charge in [0.2, 0.25) is 6.79 Å². The summed E-state index contributed by atoms with van der Waals surface area (Å²) in [5.41, 5.74) is 4.46. The number of carbonyl (C=O) groups is 2. The van der Waals surface area contributed by atoms with Gasteiger partial charge < -0.3 is 24.3 Å². The number of nitrogens with one attached hydrogen (secondary N) is 1. The highest BCUT2D eigenvalue weighted by Crippen LogP contribution is 2.47. The Balaban J connectivity index is 1.30. The van der Waals surface area contributed by atoms with Crippen molar-refractivity contribution in [3.8, 4) is 17.2 Å². The molecule has 7 heteroatoms. The van der Waals surface area contributed by atoms with E-state index in [1.54, 1.807) is 0 Å². The second-order valence-corrected chi connectivity index (χ2v) is 9.84. The van der Waals surface area contributed by atoms with Crippen LogP contribution in [0.1, 0.15) is 42.7 Å². The molecule has 0 saturated carbocycles. The zero-order valence-corrected chi connectivity index (χ0v) is 21.6. The van der Waals surface area contributed by atoms with Gasteiger partial charge in [-0.15, -0.1) is 0 Å². The van der Waals surface area contributed by atoms with Crippen molar-refractivity contribution in [3.05, 3.63) is 113 Å². The fraction of sp³-hybridized carbons (Fsp3) is 0.250. The number of Topliss-reactive ketones (excluding diaryl/α,β-unsaturated/α-hetero) is 1. The van der Waals surface area contributed by atoms with E-state index in [1.165, 1.54) is 0 Å². The Morgan fingerprint density at radius 2 is 1.64 bits per heavy atom. The molecule has 1 N–H and O–H groups in total. The number of hydrogen-bond donors (Lipinski definition) is 1. The number of rotatable bonds is 7. The van der Waals surface area contributed by atoms with Crippen molar-refractivity contribution >= 4 is 11.8 Å². The Kier molecular flexibility index (Phi) is 6.80. The second kappa shape index (κ2) is 10.7. The van der Waals surface area contributed by atoms with Gasteiger partial charge in [0, 0.05) is 29.3 Å². The van der Waals surface area contributed by atoms with E-state index in [9.17, 15) is 9.59 Å². The first kappa shape index (κ1) is 24.8. The number of ether oxygens (including phenoxy) is 4. The maximum Gasteiger partial charge on any atom is 0.336 e. The zero-order chi connectivity index (χ0) is 26.8. The highest BCUT2D eigenvalue weighted by atomic mass is 16.7. The van der Waals surface area contributed by atoms with Gasteiger partial charge in [0.05, 0.1) is 5.57 Å². The van der Waals surface area contributed by atoms with E-state index in [-0.39, 0.29) is 31.7 Å². The molecule has 7 nitrogen and oxygen atoms in total. The lowest BCUT2D eigenvalue weighted by molar-refractivity contribution is -0.140. The normalized spacial score (nSPS) is 19.9. The molecule has 0 fully saturated rings. The third kappa shape index (κ3) is 5.00. The van der Waals surface area contributed by atoms with Crippen LogP contribution in [0.4, 0.5) is 0 Å². The number of esters is 1. The summed E-state index contributed by atoms with van der Waals surface area (Å²) in [6.07, 6.45) is 1.05. The number of allylic oxidation sites excluding steroid dienone is 3. The van der Waals surface area contributed by atoms with Crippen LogP contribution >= 0.6 is 0 Å².